The van der Waals surface area contributed by atoms with Crippen LogP contribution in [-0.4, -0.2) is 41.9 Å². The molecule has 0 fully saturated rings. The summed E-state index contributed by atoms with van der Waals surface area (Å²) in [6.45, 7) is 4.08. The van der Waals surface area contributed by atoms with E-state index >= 15 is 0 Å². The van der Waals surface area contributed by atoms with E-state index in [-0.39, 0.29) is 12.5 Å². The van der Waals surface area contributed by atoms with Gasteiger partial charge in [0.15, 0.2) is 23.0 Å². The molecule has 0 bridgehead atoms. The lowest BCUT2D eigenvalue weighted by molar-refractivity contribution is -0.116. The lowest BCUT2D eigenvalue weighted by Crippen LogP contribution is -2.20. The molecule has 0 saturated carbocycles. The number of hydrogen-bond acceptors (Lipinski definition) is 6. The summed E-state index contributed by atoms with van der Waals surface area (Å²) in [5, 5.41) is 2.91. The number of rotatable bonds is 3. The van der Waals surface area contributed by atoms with Crippen molar-refractivity contribution in [2.24, 2.45) is 0 Å². The van der Waals surface area contributed by atoms with Crippen LogP contribution >= 0.6 is 0 Å². The Bertz CT molecular complexity index is 1080. The Kier molecular flexibility index (Phi) is 3.96. The van der Waals surface area contributed by atoms with Gasteiger partial charge in [-0.2, -0.15) is 0 Å². The van der Waals surface area contributed by atoms with Crippen molar-refractivity contribution in [3.63, 3.8) is 0 Å². The maximum absolute atomic E-state index is 12.6. The number of nitrogens with zero attached hydrogens (tertiary/aromatic N) is 2. The quantitative estimate of drug-likeness (QED) is 0.751. The van der Waals surface area contributed by atoms with E-state index in [1.807, 2.05) is 23.6 Å². The van der Waals surface area contributed by atoms with E-state index in [0.29, 0.717) is 55.1 Å². The maximum Gasteiger partial charge on any atom is 0.244 e. The van der Waals surface area contributed by atoms with Gasteiger partial charge in [-0.05, 0) is 19.1 Å². The fourth-order valence-corrected chi connectivity index (χ4v) is 3.45. The Balaban J connectivity index is 1.39. The summed E-state index contributed by atoms with van der Waals surface area (Å²) in [5.74, 6) is 3.27. The van der Waals surface area contributed by atoms with E-state index in [2.05, 4.69) is 10.3 Å². The average Bonchev–Trinajstić information content (AvgIpc) is 3.00. The number of hydrogen-bond donors (Lipinski definition) is 1. The second kappa shape index (κ2) is 6.63. The van der Waals surface area contributed by atoms with Crippen LogP contribution < -0.4 is 24.3 Å². The van der Waals surface area contributed by atoms with Crippen molar-refractivity contribution in [3.05, 3.63) is 36.2 Å². The second-order valence-corrected chi connectivity index (χ2v) is 6.64. The molecule has 3 aromatic rings. The Morgan fingerprint density at radius 2 is 1.61 bits per heavy atom. The third kappa shape index (κ3) is 2.96. The van der Waals surface area contributed by atoms with Gasteiger partial charge in [0.25, 0.3) is 0 Å². The Morgan fingerprint density at radius 3 is 2.36 bits per heavy atom. The van der Waals surface area contributed by atoms with E-state index in [1.54, 1.807) is 18.2 Å². The van der Waals surface area contributed by atoms with Crippen molar-refractivity contribution in [2.75, 3.05) is 31.7 Å². The van der Waals surface area contributed by atoms with E-state index in [4.69, 9.17) is 18.9 Å². The zero-order valence-corrected chi connectivity index (χ0v) is 15.4. The van der Waals surface area contributed by atoms with Crippen molar-refractivity contribution >= 4 is 22.6 Å². The first-order valence-electron chi connectivity index (χ1n) is 9.13. The number of aromatic nitrogens is 2. The SMILES string of the molecule is Cc1nc2cc3c(cc2n1CC(=O)Nc1ccc2c(c1)OCCO2)OCCO3. The summed E-state index contributed by atoms with van der Waals surface area (Å²) in [7, 11) is 0. The van der Waals surface area contributed by atoms with Crippen LogP contribution in [0.4, 0.5) is 5.69 Å². The normalized spacial score (nSPS) is 14.8. The predicted octanol–water partition coefficient (Wildman–Crippen LogP) is 2.53. The molecule has 2 aromatic carbocycles. The molecular weight excluding hydrogens is 362 g/mol. The number of fused-ring (bicyclic) bond motifs is 3. The summed E-state index contributed by atoms with van der Waals surface area (Å²) >= 11 is 0. The van der Waals surface area contributed by atoms with E-state index in [9.17, 15) is 4.79 Å². The topological polar surface area (TPSA) is 83.8 Å². The molecule has 8 nitrogen and oxygen atoms in total. The molecule has 3 heterocycles. The number of ether oxygens (including phenoxy) is 4. The number of amides is 1. The monoisotopic (exact) mass is 381 g/mol. The fraction of sp³-hybridized carbons (Fsp3) is 0.300. The summed E-state index contributed by atoms with van der Waals surface area (Å²) < 4.78 is 24.2. The predicted molar refractivity (Wildman–Crippen MR) is 102 cm³/mol. The minimum Gasteiger partial charge on any atom is -0.486 e. The van der Waals surface area contributed by atoms with Gasteiger partial charge in [-0.15, -0.1) is 0 Å². The third-order valence-electron chi connectivity index (χ3n) is 4.73. The molecule has 2 aliphatic heterocycles. The molecule has 0 aliphatic carbocycles. The van der Waals surface area contributed by atoms with Crippen molar-refractivity contribution in [1.82, 2.24) is 9.55 Å². The number of carbonyl (C=O) groups excluding carboxylic acids is 1. The summed E-state index contributed by atoms with van der Waals surface area (Å²) in [6, 6.07) is 9.09. The molecule has 0 radical (unpaired) electrons. The van der Waals surface area contributed by atoms with Crippen LogP contribution in [0.1, 0.15) is 5.82 Å². The van der Waals surface area contributed by atoms with Crippen LogP contribution in [0.5, 0.6) is 23.0 Å². The maximum atomic E-state index is 12.6. The number of aryl methyl sites for hydroxylation is 1. The number of nitrogens with one attached hydrogen (secondary N) is 1. The van der Waals surface area contributed by atoms with Crippen molar-refractivity contribution in [2.45, 2.75) is 13.5 Å². The number of carbonyl (C=O) groups is 1. The zero-order chi connectivity index (χ0) is 19.1. The van der Waals surface area contributed by atoms with E-state index in [0.717, 1.165) is 16.9 Å². The van der Waals surface area contributed by atoms with E-state index in [1.165, 1.54) is 0 Å². The van der Waals surface area contributed by atoms with Gasteiger partial charge in [0.1, 0.15) is 38.8 Å². The van der Waals surface area contributed by atoms with Gasteiger partial charge < -0.3 is 28.8 Å². The van der Waals surface area contributed by atoms with Gasteiger partial charge in [0.05, 0.1) is 11.0 Å². The first-order chi connectivity index (χ1) is 13.7. The van der Waals surface area contributed by atoms with Crippen LogP contribution in [0.25, 0.3) is 11.0 Å². The van der Waals surface area contributed by atoms with Gasteiger partial charge in [0, 0.05) is 23.9 Å². The highest BCUT2D eigenvalue weighted by molar-refractivity contribution is 5.92. The molecule has 0 spiro atoms. The molecule has 1 aromatic heterocycles. The molecule has 1 amide bonds. The largest absolute Gasteiger partial charge is 0.486 e. The smallest absolute Gasteiger partial charge is 0.244 e. The van der Waals surface area contributed by atoms with Crippen LogP contribution in [0, 0.1) is 6.92 Å². The Hall–Kier alpha value is -3.42. The molecule has 2 aliphatic rings. The van der Waals surface area contributed by atoms with Crippen LogP contribution in [0.3, 0.4) is 0 Å². The highest BCUT2D eigenvalue weighted by Gasteiger charge is 2.18. The van der Waals surface area contributed by atoms with Crippen LogP contribution in [0.2, 0.25) is 0 Å². The molecule has 0 unspecified atom stereocenters. The second-order valence-electron chi connectivity index (χ2n) is 6.64. The van der Waals surface area contributed by atoms with Gasteiger partial charge in [-0.3, -0.25) is 4.79 Å². The van der Waals surface area contributed by atoms with Gasteiger partial charge in [0.2, 0.25) is 5.91 Å². The molecular formula is C20H19N3O5. The van der Waals surface area contributed by atoms with Gasteiger partial charge >= 0.3 is 0 Å². The Labute approximate surface area is 161 Å². The number of benzene rings is 2. The molecule has 144 valence electrons. The number of imidazole rings is 1. The highest BCUT2D eigenvalue weighted by atomic mass is 16.6. The summed E-state index contributed by atoms with van der Waals surface area (Å²) in [4.78, 5) is 17.2. The standard InChI is InChI=1S/C20H19N3O5/c1-12-21-14-9-18-19(28-7-6-27-18)10-15(14)23(12)11-20(24)22-13-2-3-16-17(8-13)26-5-4-25-16/h2-3,8-10H,4-7,11H2,1H3,(H,22,24). The van der Waals surface area contributed by atoms with Crippen LogP contribution in [-0.2, 0) is 11.3 Å². The zero-order valence-electron chi connectivity index (χ0n) is 15.4. The Morgan fingerprint density at radius 1 is 0.964 bits per heavy atom. The van der Waals surface area contributed by atoms with Crippen LogP contribution in [0.15, 0.2) is 30.3 Å². The lowest BCUT2D eigenvalue weighted by atomic mass is 10.2. The molecule has 0 atom stereocenters. The van der Waals surface area contributed by atoms with Crippen molar-refractivity contribution in [1.29, 1.82) is 0 Å². The third-order valence-corrected chi connectivity index (χ3v) is 4.73. The van der Waals surface area contributed by atoms with E-state index < -0.39 is 0 Å². The van der Waals surface area contributed by atoms with Gasteiger partial charge in [-0.1, -0.05) is 0 Å². The first-order valence-corrected chi connectivity index (χ1v) is 9.13. The average molecular weight is 381 g/mol. The summed E-state index contributed by atoms with van der Waals surface area (Å²) in [5.41, 5.74) is 2.26. The number of anilines is 1. The van der Waals surface area contributed by atoms with Crippen molar-refractivity contribution < 1.29 is 23.7 Å². The molecule has 28 heavy (non-hydrogen) atoms. The minimum absolute atomic E-state index is 0.135. The molecule has 1 N–H and O–H groups in total. The molecule has 8 heteroatoms. The fourth-order valence-electron chi connectivity index (χ4n) is 3.45. The molecule has 5 rings (SSSR count). The highest BCUT2D eigenvalue weighted by Crippen LogP contribution is 2.35. The first kappa shape index (κ1) is 16.7. The molecule has 0 saturated heterocycles. The minimum atomic E-state index is -0.158. The lowest BCUT2D eigenvalue weighted by Gasteiger charge is -2.19. The summed E-state index contributed by atoms with van der Waals surface area (Å²) in [6.07, 6.45) is 0. The van der Waals surface area contributed by atoms with Crippen molar-refractivity contribution in [3.8, 4) is 23.0 Å². The van der Waals surface area contributed by atoms with Gasteiger partial charge in [-0.25, -0.2) is 4.98 Å².